The van der Waals surface area contributed by atoms with Gasteiger partial charge in [0, 0.05) is 11.6 Å². The van der Waals surface area contributed by atoms with E-state index in [4.69, 9.17) is 23.8 Å². The third-order valence-corrected chi connectivity index (χ3v) is 4.12. The van der Waals surface area contributed by atoms with Gasteiger partial charge in [0.05, 0.1) is 10.9 Å². The lowest BCUT2D eigenvalue weighted by atomic mass is 9.88. The van der Waals surface area contributed by atoms with Crippen LogP contribution in [0, 0.1) is 0 Å². The molecule has 1 N–H and O–H groups in total. The molecule has 0 aromatic heterocycles. The summed E-state index contributed by atoms with van der Waals surface area (Å²) in [7, 11) is 0. The molecule has 0 bridgehead atoms. The molecule has 1 atom stereocenters. The Balaban J connectivity index is 2.16. The molecule has 2 aromatic carbocycles. The van der Waals surface area contributed by atoms with Gasteiger partial charge in [0.15, 0.2) is 0 Å². The fraction of sp³-hybridized carbons (Fsp3) is 0.188. The molecule has 2 aromatic rings. The normalized spacial score (nSPS) is 18.4. The van der Waals surface area contributed by atoms with Crippen molar-refractivity contribution in [3.63, 3.8) is 0 Å². The second kappa shape index (κ2) is 5.32. The standard InChI is InChI=1S/C16H14ClNS/c17-13-7-6-11-8-9-18-16(19)15(14(11)10-13)12-4-2-1-3-5-12/h1-7,10,15H,8-9H2,(H,18,19)/t15-/m1/s1. The molecule has 1 aliphatic heterocycles. The van der Waals surface area contributed by atoms with Crippen LogP contribution in [0.5, 0.6) is 0 Å². The van der Waals surface area contributed by atoms with Crippen molar-refractivity contribution in [1.29, 1.82) is 0 Å². The van der Waals surface area contributed by atoms with Gasteiger partial charge in [-0.05, 0) is 35.2 Å². The van der Waals surface area contributed by atoms with E-state index in [0.29, 0.717) is 0 Å². The Morgan fingerprint density at radius 1 is 1.11 bits per heavy atom. The molecule has 0 aliphatic carbocycles. The molecule has 1 heterocycles. The summed E-state index contributed by atoms with van der Waals surface area (Å²) < 4.78 is 0. The Kier molecular flexibility index (Phi) is 3.54. The van der Waals surface area contributed by atoms with Crippen molar-refractivity contribution in [2.75, 3.05) is 6.54 Å². The molecule has 1 nitrogen and oxygen atoms in total. The summed E-state index contributed by atoms with van der Waals surface area (Å²) in [4.78, 5) is 0.882. The number of nitrogens with one attached hydrogen (secondary N) is 1. The topological polar surface area (TPSA) is 12.0 Å². The molecule has 3 heteroatoms. The highest BCUT2D eigenvalue weighted by molar-refractivity contribution is 7.80. The van der Waals surface area contributed by atoms with Gasteiger partial charge in [-0.1, -0.05) is 60.2 Å². The van der Waals surface area contributed by atoms with E-state index < -0.39 is 0 Å². The quantitative estimate of drug-likeness (QED) is 0.797. The highest BCUT2D eigenvalue weighted by atomic mass is 35.5. The molecule has 96 valence electrons. The van der Waals surface area contributed by atoms with Crippen molar-refractivity contribution in [3.8, 4) is 0 Å². The summed E-state index contributed by atoms with van der Waals surface area (Å²) in [5.74, 6) is 0.104. The number of fused-ring (bicyclic) bond motifs is 1. The Bertz CT molecular complexity index is 609. The van der Waals surface area contributed by atoms with Gasteiger partial charge in [0.25, 0.3) is 0 Å². The van der Waals surface area contributed by atoms with Crippen LogP contribution in [-0.2, 0) is 6.42 Å². The average molecular weight is 288 g/mol. The molecule has 0 fully saturated rings. The Hall–Kier alpha value is -1.38. The van der Waals surface area contributed by atoms with Crippen molar-refractivity contribution >= 4 is 28.8 Å². The van der Waals surface area contributed by atoms with E-state index in [0.717, 1.165) is 23.0 Å². The van der Waals surface area contributed by atoms with E-state index in [1.807, 2.05) is 30.3 Å². The molecular formula is C16H14ClNS. The van der Waals surface area contributed by atoms with Crippen molar-refractivity contribution in [2.45, 2.75) is 12.3 Å². The number of thiocarbonyl (C=S) groups is 1. The molecule has 19 heavy (non-hydrogen) atoms. The van der Waals surface area contributed by atoms with Gasteiger partial charge in [0.1, 0.15) is 0 Å². The largest absolute Gasteiger partial charge is 0.379 e. The number of hydrogen-bond donors (Lipinski definition) is 1. The molecule has 0 spiro atoms. The third kappa shape index (κ3) is 2.51. The van der Waals surface area contributed by atoms with E-state index in [9.17, 15) is 0 Å². The number of benzene rings is 2. The van der Waals surface area contributed by atoms with Crippen molar-refractivity contribution in [2.24, 2.45) is 0 Å². The maximum atomic E-state index is 6.17. The van der Waals surface area contributed by atoms with Crippen LogP contribution in [0.3, 0.4) is 0 Å². The molecule has 0 unspecified atom stereocenters. The molecule has 0 radical (unpaired) electrons. The van der Waals surface area contributed by atoms with Gasteiger partial charge in [-0.15, -0.1) is 0 Å². The van der Waals surface area contributed by atoms with Gasteiger partial charge in [0.2, 0.25) is 0 Å². The second-order valence-corrected chi connectivity index (χ2v) is 5.60. The summed E-state index contributed by atoms with van der Waals surface area (Å²) in [5, 5.41) is 4.12. The maximum absolute atomic E-state index is 6.17. The highest BCUT2D eigenvalue weighted by Gasteiger charge is 2.24. The van der Waals surface area contributed by atoms with Gasteiger partial charge in [-0.3, -0.25) is 0 Å². The summed E-state index contributed by atoms with van der Waals surface area (Å²) in [6.45, 7) is 0.886. The van der Waals surface area contributed by atoms with Crippen molar-refractivity contribution in [3.05, 3.63) is 70.2 Å². The highest BCUT2D eigenvalue weighted by Crippen LogP contribution is 2.32. The third-order valence-electron chi connectivity index (χ3n) is 3.51. The smallest absolute Gasteiger partial charge is 0.0874 e. The first kappa shape index (κ1) is 12.6. The van der Waals surface area contributed by atoms with Gasteiger partial charge < -0.3 is 5.32 Å². The molecule has 0 saturated carbocycles. The molecule has 1 aliphatic rings. The van der Waals surface area contributed by atoms with Crippen LogP contribution in [0.15, 0.2) is 48.5 Å². The lowest BCUT2D eigenvalue weighted by molar-refractivity contribution is 0.882. The summed E-state index contributed by atoms with van der Waals surface area (Å²) >= 11 is 11.7. The van der Waals surface area contributed by atoms with E-state index >= 15 is 0 Å². The molecule has 0 amide bonds. The van der Waals surface area contributed by atoms with Crippen molar-refractivity contribution < 1.29 is 0 Å². The minimum atomic E-state index is 0.104. The van der Waals surface area contributed by atoms with Crippen LogP contribution >= 0.6 is 23.8 Å². The van der Waals surface area contributed by atoms with Crippen LogP contribution < -0.4 is 5.32 Å². The fourth-order valence-corrected chi connectivity index (χ4v) is 3.15. The lowest BCUT2D eigenvalue weighted by Gasteiger charge is -2.19. The van der Waals surface area contributed by atoms with E-state index in [2.05, 4.69) is 23.5 Å². The summed E-state index contributed by atoms with van der Waals surface area (Å²) in [5.41, 5.74) is 3.77. The van der Waals surface area contributed by atoms with Gasteiger partial charge >= 0.3 is 0 Å². The van der Waals surface area contributed by atoms with Crippen LogP contribution in [0.2, 0.25) is 5.02 Å². The first-order valence-corrected chi connectivity index (χ1v) is 7.15. The first-order chi connectivity index (χ1) is 9.25. The Morgan fingerprint density at radius 2 is 1.89 bits per heavy atom. The Labute approximate surface area is 123 Å². The predicted molar refractivity (Wildman–Crippen MR) is 84.0 cm³/mol. The van der Waals surface area contributed by atoms with Crippen LogP contribution in [0.25, 0.3) is 0 Å². The Morgan fingerprint density at radius 3 is 2.68 bits per heavy atom. The monoisotopic (exact) mass is 287 g/mol. The number of hydrogen-bond acceptors (Lipinski definition) is 1. The summed E-state index contributed by atoms with van der Waals surface area (Å²) in [6, 6.07) is 16.5. The minimum Gasteiger partial charge on any atom is -0.379 e. The predicted octanol–water partition coefficient (Wildman–Crippen LogP) is 3.95. The molecule has 3 rings (SSSR count). The van der Waals surface area contributed by atoms with Gasteiger partial charge in [-0.2, -0.15) is 0 Å². The maximum Gasteiger partial charge on any atom is 0.0874 e. The fourth-order valence-electron chi connectivity index (χ4n) is 2.60. The van der Waals surface area contributed by atoms with E-state index in [-0.39, 0.29) is 5.92 Å². The zero-order valence-corrected chi connectivity index (χ0v) is 12.0. The molecular weight excluding hydrogens is 274 g/mol. The van der Waals surface area contributed by atoms with Crippen LogP contribution in [0.4, 0.5) is 0 Å². The molecule has 0 saturated heterocycles. The number of rotatable bonds is 1. The SMILES string of the molecule is S=C1NCCc2ccc(Cl)cc2[C@H]1c1ccccc1. The average Bonchev–Trinajstić information content (AvgIpc) is 2.58. The zero-order valence-electron chi connectivity index (χ0n) is 10.4. The first-order valence-electron chi connectivity index (χ1n) is 6.36. The van der Waals surface area contributed by atoms with Crippen molar-refractivity contribution in [1.82, 2.24) is 5.32 Å². The summed E-state index contributed by atoms with van der Waals surface area (Å²) in [6.07, 6.45) is 0.982. The van der Waals surface area contributed by atoms with Crippen LogP contribution in [-0.4, -0.2) is 11.5 Å². The van der Waals surface area contributed by atoms with Gasteiger partial charge in [-0.25, -0.2) is 0 Å². The number of halogens is 1. The zero-order chi connectivity index (χ0) is 13.2. The second-order valence-electron chi connectivity index (χ2n) is 4.73. The van der Waals surface area contributed by atoms with Crippen LogP contribution in [0.1, 0.15) is 22.6 Å². The van der Waals surface area contributed by atoms with E-state index in [1.165, 1.54) is 16.7 Å². The lowest BCUT2D eigenvalue weighted by Crippen LogP contribution is -2.27. The van der Waals surface area contributed by atoms with E-state index in [1.54, 1.807) is 0 Å². The minimum absolute atomic E-state index is 0.104.